The molecule has 0 saturated carbocycles. The third-order valence-electron chi connectivity index (χ3n) is 5.07. The first-order valence-electron chi connectivity index (χ1n) is 9.35. The van der Waals surface area contributed by atoms with Gasteiger partial charge >= 0.3 is 0 Å². The van der Waals surface area contributed by atoms with Crippen LogP contribution in [0.5, 0.6) is 11.5 Å². The molecule has 4 nitrogen and oxygen atoms in total. The molecule has 0 spiro atoms. The maximum absolute atomic E-state index is 5.99. The molecule has 1 heterocycles. The van der Waals surface area contributed by atoms with E-state index in [1.54, 1.807) is 17.2 Å². The van der Waals surface area contributed by atoms with E-state index in [2.05, 4.69) is 67.4 Å². The number of aromatic nitrogens is 3. The first-order chi connectivity index (χ1) is 13.5. The van der Waals surface area contributed by atoms with E-state index in [0.717, 1.165) is 17.2 Å². The van der Waals surface area contributed by atoms with Crippen molar-refractivity contribution in [2.75, 3.05) is 0 Å². The molecule has 28 heavy (non-hydrogen) atoms. The Balaban J connectivity index is 1.49. The summed E-state index contributed by atoms with van der Waals surface area (Å²) >= 11 is 0. The summed E-state index contributed by atoms with van der Waals surface area (Å²) in [5.41, 5.74) is 4.66. The number of hydrogen-bond donors (Lipinski definition) is 0. The highest BCUT2D eigenvalue weighted by Crippen LogP contribution is 2.33. The SMILES string of the molecule is Cc1ccc(C(C)(C)c2ccc(Oc3ccc(-n4nccn4)cc3)cc2)cc1. The summed E-state index contributed by atoms with van der Waals surface area (Å²) in [7, 11) is 0. The summed E-state index contributed by atoms with van der Waals surface area (Å²) in [6.07, 6.45) is 3.31. The van der Waals surface area contributed by atoms with Gasteiger partial charge in [-0.2, -0.15) is 15.0 Å². The minimum Gasteiger partial charge on any atom is -0.457 e. The molecule has 0 aliphatic rings. The number of nitrogens with zero attached hydrogens (tertiary/aromatic N) is 3. The number of hydrogen-bond acceptors (Lipinski definition) is 3. The summed E-state index contributed by atoms with van der Waals surface area (Å²) in [4.78, 5) is 1.58. The molecular formula is C24H23N3O. The van der Waals surface area contributed by atoms with Gasteiger partial charge in [-0.15, -0.1) is 0 Å². The second kappa shape index (κ2) is 7.31. The maximum atomic E-state index is 5.99. The predicted octanol–water partition coefficient (Wildman–Crippen LogP) is 5.69. The Labute approximate surface area is 165 Å². The zero-order valence-electron chi connectivity index (χ0n) is 16.3. The van der Waals surface area contributed by atoms with Crippen molar-refractivity contribution in [3.8, 4) is 17.2 Å². The molecule has 1 aromatic heterocycles. The highest BCUT2D eigenvalue weighted by atomic mass is 16.5. The molecule has 4 aromatic rings. The molecule has 0 fully saturated rings. The van der Waals surface area contributed by atoms with E-state index in [9.17, 15) is 0 Å². The molecule has 0 amide bonds. The zero-order valence-corrected chi connectivity index (χ0v) is 16.3. The van der Waals surface area contributed by atoms with Crippen molar-refractivity contribution in [1.82, 2.24) is 15.0 Å². The fraction of sp³-hybridized carbons (Fsp3) is 0.167. The van der Waals surface area contributed by atoms with E-state index in [-0.39, 0.29) is 5.41 Å². The normalized spacial score (nSPS) is 11.4. The third-order valence-corrected chi connectivity index (χ3v) is 5.07. The standard InChI is InChI=1S/C24H23N3O/c1-18-4-6-19(7-5-18)24(2,3)20-8-12-22(13-9-20)28-23-14-10-21(11-15-23)27-25-16-17-26-27/h4-17H,1-3H3. The van der Waals surface area contributed by atoms with Crippen LogP contribution >= 0.6 is 0 Å². The van der Waals surface area contributed by atoms with Gasteiger partial charge in [0.25, 0.3) is 0 Å². The summed E-state index contributed by atoms with van der Waals surface area (Å²) in [6, 6.07) is 24.8. The van der Waals surface area contributed by atoms with Gasteiger partial charge in [-0.05, 0) is 54.4 Å². The molecule has 0 atom stereocenters. The van der Waals surface area contributed by atoms with Crippen molar-refractivity contribution < 1.29 is 4.74 Å². The number of ether oxygens (including phenoxy) is 1. The lowest BCUT2D eigenvalue weighted by molar-refractivity contribution is 0.481. The minimum absolute atomic E-state index is 0.0648. The van der Waals surface area contributed by atoms with Gasteiger partial charge in [-0.3, -0.25) is 0 Å². The largest absolute Gasteiger partial charge is 0.457 e. The summed E-state index contributed by atoms with van der Waals surface area (Å²) in [5, 5.41) is 8.25. The van der Waals surface area contributed by atoms with Crippen LogP contribution in [0.25, 0.3) is 5.69 Å². The molecule has 4 rings (SSSR count). The Kier molecular flexibility index (Phi) is 4.70. The van der Waals surface area contributed by atoms with Crippen molar-refractivity contribution in [3.63, 3.8) is 0 Å². The van der Waals surface area contributed by atoms with Crippen LogP contribution in [-0.2, 0) is 5.41 Å². The van der Waals surface area contributed by atoms with Crippen LogP contribution in [0, 0.1) is 6.92 Å². The first-order valence-corrected chi connectivity index (χ1v) is 9.35. The molecule has 0 N–H and O–H groups in total. The van der Waals surface area contributed by atoms with E-state index >= 15 is 0 Å². The quantitative estimate of drug-likeness (QED) is 0.453. The summed E-state index contributed by atoms with van der Waals surface area (Å²) in [5.74, 6) is 1.59. The van der Waals surface area contributed by atoms with Gasteiger partial charge in [-0.25, -0.2) is 0 Å². The Hall–Kier alpha value is -3.40. The summed E-state index contributed by atoms with van der Waals surface area (Å²) in [6.45, 7) is 6.60. The highest BCUT2D eigenvalue weighted by Gasteiger charge is 2.22. The molecule has 4 heteroatoms. The zero-order chi connectivity index (χ0) is 19.6. The van der Waals surface area contributed by atoms with Gasteiger partial charge in [-0.1, -0.05) is 55.8 Å². The van der Waals surface area contributed by atoms with Crippen LogP contribution < -0.4 is 4.74 Å². The molecular weight excluding hydrogens is 346 g/mol. The lowest BCUT2D eigenvalue weighted by Gasteiger charge is -2.26. The average molecular weight is 369 g/mol. The van der Waals surface area contributed by atoms with E-state index < -0.39 is 0 Å². The van der Waals surface area contributed by atoms with Crippen molar-refractivity contribution in [2.45, 2.75) is 26.2 Å². The van der Waals surface area contributed by atoms with Gasteiger partial charge in [0.05, 0.1) is 18.1 Å². The van der Waals surface area contributed by atoms with E-state index in [4.69, 9.17) is 4.74 Å². The molecule has 0 aliphatic heterocycles. The van der Waals surface area contributed by atoms with Crippen LogP contribution in [-0.4, -0.2) is 15.0 Å². The monoisotopic (exact) mass is 369 g/mol. The number of rotatable bonds is 5. The van der Waals surface area contributed by atoms with Crippen molar-refractivity contribution >= 4 is 0 Å². The van der Waals surface area contributed by atoms with E-state index in [0.29, 0.717) is 0 Å². The lowest BCUT2D eigenvalue weighted by atomic mass is 9.78. The summed E-state index contributed by atoms with van der Waals surface area (Å²) < 4.78 is 5.99. The van der Waals surface area contributed by atoms with Crippen LogP contribution in [0.1, 0.15) is 30.5 Å². The number of aryl methyl sites for hydroxylation is 1. The molecule has 0 radical (unpaired) electrons. The van der Waals surface area contributed by atoms with Crippen molar-refractivity contribution in [1.29, 1.82) is 0 Å². The minimum atomic E-state index is -0.0648. The second-order valence-corrected chi connectivity index (χ2v) is 7.43. The highest BCUT2D eigenvalue weighted by molar-refractivity contribution is 5.42. The number of benzene rings is 3. The Bertz CT molecular complexity index is 1030. The molecule has 0 bridgehead atoms. The Morgan fingerprint density at radius 2 is 1.14 bits per heavy atom. The Morgan fingerprint density at radius 1 is 0.679 bits per heavy atom. The second-order valence-electron chi connectivity index (χ2n) is 7.43. The first kappa shape index (κ1) is 18.0. The van der Waals surface area contributed by atoms with E-state index in [1.165, 1.54) is 16.7 Å². The van der Waals surface area contributed by atoms with Crippen LogP contribution in [0.4, 0.5) is 0 Å². The predicted molar refractivity (Wildman–Crippen MR) is 111 cm³/mol. The molecule has 0 unspecified atom stereocenters. The van der Waals surface area contributed by atoms with Gasteiger partial charge in [0, 0.05) is 5.41 Å². The third kappa shape index (κ3) is 3.67. The molecule has 0 saturated heterocycles. The molecule has 0 aliphatic carbocycles. The average Bonchev–Trinajstić information content (AvgIpc) is 3.24. The van der Waals surface area contributed by atoms with Gasteiger partial charge in [0.1, 0.15) is 11.5 Å². The lowest BCUT2D eigenvalue weighted by Crippen LogP contribution is -2.18. The van der Waals surface area contributed by atoms with Crippen molar-refractivity contribution in [2.24, 2.45) is 0 Å². The smallest absolute Gasteiger partial charge is 0.127 e. The van der Waals surface area contributed by atoms with Gasteiger partial charge in [0.2, 0.25) is 0 Å². The maximum Gasteiger partial charge on any atom is 0.127 e. The van der Waals surface area contributed by atoms with Crippen LogP contribution in [0.15, 0.2) is 85.2 Å². The van der Waals surface area contributed by atoms with E-state index in [1.807, 2.05) is 36.4 Å². The van der Waals surface area contributed by atoms with Gasteiger partial charge < -0.3 is 4.74 Å². The van der Waals surface area contributed by atoms with Crippen LogP contribution in [0.3, 0.4) is 0 Å². The molecule has 3 aromatic carbocycles. The van der Waals surface area contributed by atoms with Crippen LogP contribution in [0.2, 0.25) is 0 Å². The van der Waals surface area contributed by atoms with Gasteiger partial charge in [0.15, 0.2) is 0 Å². The van der Waals surface area contributed by atoms with Crippen molar-refractivity contribution in [3.05, 3.63) is 102 Å². The topological polar surface area (TPSA) is 39.9 Å². The fourth-order valence-corrected chi connectivity index (χ4v) is 3.21. The molecule has 140 valence electrons. The Morgan fingerprint density at radius 3 is 1.68 bits per heavy atom. The fourth-order valence-electron chi connectivity index (χ4n) is 3.21.